The van der Waals surface area contributed by atoms with E-state index in [0.717, 1.165) is 66.7 Å². The molecule has 42 heavy (non-hydrogen) atoms. The fraction of sp³-hybridized carbons (Fsp3) is 0.406. The molecule has 2 saturated heterocycles. The average molecular weight is 568 g/mol. The number of ketones is 1. The van der Waals surface area contributed by atoms with E-state index < -0.39 is 0 Å². The van der Waals surface area contributed by atoms with E-state index in [1.165, 1.54) is 6.42 Å². The van der Waals surface area contributed by atoms with Crippen molar-refractivity contribution in [2.45, 2.75) is 32.4 Å². The van der Waals surface area contributed by atoms with Gasteiger partial charge in [-0.1, -0.05) is 6.07 Å². The molecule has 0 bridgehead atoms. The van der Waals surface area contributed by atoms with Crippen molar-refractivity contribution in [1.82, 2.24) is 34.0 Å². The highest BCUT2D eigenvalue weighted by atomic mass is 19.1. The number of urea groups is 1. The fourth-order valence-electron chi connectivity index (χ4n) is 7.70. The van der Waals surface area contributed by atoms with Crippen molar-refractivity contribution in [2.24, 2.45) is 5.41 Å². The number of carbonyl (C=O) groups excluding carboxylic acids is 2. The number of aromatic nitrogens is 3. The number of fused-ring (bicyclic) bond motifs is 1. The number of carbonyl (C=O) groups is 2. The first-order chi connectivity index (χ1) is 20.4. The minimum Gasteiger partial charge on any atom is -0.376 e. The zero-order valence-corrected chi connectivity index (χ0v) is 23.8. The molecule has 0 aliphatic carbocycles. The molecule has 1 aromatic carbocycles. The molecular formula is C32H34FN7O2. The van der Waals surface area contributed by atoms with Gasteiger partial charge in [-0.2, -0.15) is 0 Å². The van der Waals surface area contributed by atoms with E-state index in [1.807, 2.05) is 44.8 Å². The zero-order chi connectivity index (χ0) is 28.6. The lowest BCUT2D eigenvalue weighted by Gasteiger charge is -2.41. The minimum atomic E-state index is -0.350. The Balaban J connectivity index is 1.13. The average Bonchev–Trinajstić information content (AvgIpc) is 3.73. The lowest BCUT2D eigenvalue weighted by Crippen LogP contribution is -2.49. The fourth-order valence-corrected chi connectivity index (χ4v) is 7.70. The van der Waals surface area contributed by atoms with Crippen LogP contribution in [0.1, 0.15) is 36.1 Å². The van der Waals surface area contributed by atoms with Crippen LogP contribution >= 0.6 is 0 Å². The third-order valence-corrected chi connectivity index (χ3v) is 9.88. The van der Waals surface area contributed by atoms with Gasteiger partial charge in [0.05, 0.1) is 35.2 Å². The van der Waals surface area contributed by atoms with Gasteiger partial charge in [-0.3, -0.25) is 9.20 Å². The van der Waals surface area contributed by atoms with E-state index in [9.17, 15) is 9.59 Å². The number of Topliss-reactive ketones (excluding diaryl/α,β-unsaturated/α-hetero) is 1. The van der Waals surface area contributed by atoms with E-state index in [0.29, 0.717) is 42.0 Å². The number of piperidine rings is 1. The first kappa shape index (κ1) is 25.5. The second-order valence-electron chi connectivity index (χ2n) is 12.5. The Morgan fingerprint density at radius 3 is 2.69 bits per heavy atom. The van der Waals surface area contributed by atoms with Crippen molar-refractivity contribution in [2.75, 3.05) is 46.3 Å². The van der Waals surface area contributed by atoms with Crippen molar-refractivity contribution in [3.8, 4) is 0 Å². The third kappa shape index (κ3) is 3.95. The molecule has 2 fully saturated rings. The highest BCUT2D eigenvalue weighted by molar-refractivity contribution is 6.32. The lowest BCUT2D eigenvalue weighted by molar-refractivity contribution is -0.112. The van der Waals surface area contributed by atoms with E-state index >= 15 is 4.39 Å². The summed E-state index contributed by atoms with van der Waals surface area (Å²) in [6.45, 7) is 5.46. The molecule has 0 atom stereocenters. The molecule has 3 aromatic heterocycles. The molecule has 2 amide bonds. The maximum absolute atomic E-state index is 15.2. The van der Waals surface area contributed by atoms with Crippen molar-refractivity contribution in [1.29, 1.82) is 0 Å². The summed E-state index contributed by atoms with van der Waals surface area (Å²) in [6, 6.07) is 8.87. The summed E-state index contributed by atoms with van der Waals surface area (Å²) in [5.41, 5.74) is 5.56. The summed E-state index contributed by atoms with van der Waals surface area (Å²) < 4.78 is 19.2. The number of benzene rings is 1. The van der Waals surface area contributed by atoms with Crippen LogP contribution < -0.4 is 5.32 Å². The normalized spacial score (nSPS) is 20.8. The predicted molar refractivity (Wildman–Crippen MR) is 158 cm³/mol. The van der Waals surface area contributed by atoms with Crippen molar-refractivity contribution >= 4 is 39.6 Å². The Kier molecular flexibility index (Phi) is 5.72. The molecule has 0 unspecified atom stereocenters. The zero-order valence-electron chi connectivity index (χ0n) is 23.8. The number of nitrogens with one attached hydrogen (secondary N) is 1. The van der Waals surface area contributed by atoms with Crippen molar-refractivity contribution < 1.29 is 14.0 Å². The molecule has 7 heterocycles. The molecule has 9 nitrogen and oxygen atoms in total. The standard InChI is InChI=1S/C32H34FN7O2/c1-36-9-5-32(20-36)6-10-37(11-7-32)31(42)39-13-12-38-19-24(23-15-22(33)14-21(18-39)30(23)38)29-28(26(41)17-35-29)25-16-34-27-4-2-3-8-40(25)27/h2-4,8,14-16,19,35H,5-7,9-13,17-18,20H2,1H3. The van der Waals surface area contributed by atoms with Gasteiger partial charge in [0.15, 0.2) is 5.78 Å². The Bertz CT molecular complexity index is 1790. The van der Waals surface area contributed by atoms with Crippen molar-refractivity contribution in [3.05, 3.63) is 71.6 Å². The molecule has 4 aliphatic rings. The van der Waals surface area contributed by atoms with Gasteiger partial charge in [0.2, 0.25) is 0 Å². The molecule has 10 heteroatoms. The number of amides is 2. The van der Waals surface area contributed by atoms with Gasteiger partial charge in [0.25, 0.3) is 0 Å². The molecule has 0 radical (unpaired) electrons. The highest BCUT2D eigenvalue weighted by Crippen LogP contribution is 2.41. The summed E-state index contributed by atoms with van der Waals surface area (Å²) in [6.07, 6.45) is 8.92. The van der Waals surface area contributed by atoms with Gasteiger partial charge in [-0.05, 0) is 68.1 Å². The molecular weight excluding hydrogens is 533 g/mol. The smallest absolute Gasteiger partial charge is 0.320 e. The van der Waals surface area contributed by atoms with Crippen LogP contribution in [0, 0.1) is 11.2 Å². The Hall–Kier alpha value is -4.18. The Morgan fingerprint density at radius 1 is 1.05 bits per heavy atom. The van der Waals surface area contributed by atoms with Gasteiger partial charge >= 0.3 is 6.03 Å². The summed E-state index contributed by atoms with van der Waals surface area (Å²) in [4.78, 5) is 37.7. The van der Waals surface area contributed by atoms with E-state index in [4.69, 9.17) is 0 Å². The molecule has 4 aliphatic heterocycles. The first-order valence-corrected chi connectivity index (χ1v) is 14.9. The van der Waals surface area contributed by atoms with Gasteiger partial charge in [0.1, 0.15) is 11.5 Å². The number of likely N-dealkylation sites (tertiary alicyclic amines) is 2. The summed E-state index contributed by atoms with van der Waals surface area (Å²) in [5.74, 6) is -0.373. The molecule has 216 valence electrons. The van der Waals surface area contributed by atoms with Gasteiger partial charge in [0, 0.05) is 62.6 Å². The van der Waals surface area contributed by atoms with E-state index in [-0.39, 0.29) is 24.2 Å². The lowest BCUT2D eigenvalue weighted by atomic mass is 9.78. The molecule has 0 saturated carbocycles. The molecule has 1 spiro atoms. The highest BCUT2D eigenvalue weighted by Gasteiger charge is 2.41. The van der Waals surface area contributed by atoms with Crippen LogP contribution in [0.4, 0.5) is 9.18 Å². The van der Waals surface area contributed by atoms with Gasteiger partial charge in [-0.25, -0.2) is 14.2 Å². The molecule has 1 N–H and O–H groups in total. The van der Waals surface area contributed by atoms with Gasteiger partial charge < -0.3 is 24.6 Å². The van der Waals surface area contributed by atoms with Crippen LogP contribution in [0.3, 0.4) is 0 Å². The number of nitrogens with zero attached hydrogens (tertiary/aromatic N) is 6. The topological polar surface area (TPSA) is 78.1 Å². The van der Waals surface area contributed by atoms with E-state index in [1.54, 1.807) is 18.3 Å². The van der Waals surface area contributed by atoms with Crippen LogP contribution in [-0.4, -0.2) is 86.8 Å². The van der Waals surface area contributed by atoms with E-state index in [2.05, 4.69) is 26.8 Å². The number of pyridine rings is 1. The number of halogens is 1. The summed E-state index contributed by atoms with van der Waals surface area (Å²) >= 11 is 0. The number of rotatable bonds is 2. The molecule has 4 aromatic rings. The largest absolute Gasteiger partial charge is 0.376 e. The summed E-state index contributed by atoms with van der Waals surface area (Å²) in [7, 11) is 2.18. The minimum absolute atomic E-state index is 0.0235. The quantitative estimate of drug-likeness (QED) is 0.399. The Labute approximate surface area is 243 Å². The predicted octanol–water partition coefficient (Wildman–Crippen LogP) is 3.82. The Morgan fingerprint density at radius 2 is 1.88 bits per heavy atom. The van der Waals surface area contributed by atoms with Crippen LogP contribution in [-0.2, 0) is 17.9 Å². The third-order valence-electron chi connectivity index (χ3n) is 9.88. The van der Waals surface area contributed by atoms with Crippen molar-refractivity contribution in [3.63, 3.8) is 0 Å². The number of hydrogen-bond donors (Lipinski definition) is 1. The van der Waals surface area contributed by atoms with Crippen LogP contribution in [0.5, 0.6) is 0 Å². The second-order valence-corrected chi connectivity index (χ2v) is 12.5. The van der Waals surface area contributed by atoms with Crippen LogP contribution in [0.2, 0.25) is 0 Å². The maximum atomic E-state index is 15.2. The molecule has 8 rings (SSSR count). The SMILES string of the molecule is CN1CCC2(CCN(C(=O)N3CCn4cc(C5=C(c6cnc7ccccn67)C(=O)CN5)c5cc(F)cc(c54)C3)CC2)C1. The van der Waals surface area contributed by atoms with Crippen LogP contribution in [0.15, 0.2) is 48.9 Å². The summed E-state index contributed by atoms with van der Waals surface area (Å²) in [5, 5.41) is 4.05. The maximum Gasteiger partial charge on any atom is 0.320 e. The van der Waals surface area contributed by atoms with Crippen LogP contribution in [0.25, 0.3) is 27.8 Å². The number of imidazole rings is 1. The number of hydrogen-bond acceptors (Lipinski definition) is 5. The first-order valence-electron chi connectivity index (χ1n) is 14.9. The van der Waals surface area contributed by atoms with Gasteiger partial charge in [-0.15, -0.1) is 0 Å². The second kappa shape index (κ2) is 9.42. The monoisotopic (exact) mass is 567 g/mol.